The van der Waals surface area contributed by atoms with E-state index in [-0.39, 0.29) is 0 Å². The van der Waals surface area contributed by atoms with Crippen molar-refractivity contribution in [2.24, 2.45) is 0 Å². The molecule has 5 aromatic carbocycles. The first-order valence-electron chi connectivity index (χ1n) is 12.1. The van der Waals surface area contributed by atoms with Crippen molar-refractivity contribution >= 4 is 43.6 Å². The quantitative estimate of drug-likeness (QED) is 0.220. The van der Waals surface area contributed by atoms with Gasteiger partial charge in [-0.1, -0.05) is 54.6 Å². The third-order valence-electron chi connectivity index (χ3n) is 7.23. The van der Waals surface area contributed by atoms with Crippen molar-refractivity contribution in [3.63, 3.8) is 0 Å². The van der Waals surface area contributed by atoms with Gasteiger partial charge in [-0.3, -0.25) is 0 Å². The van der Waals surface area contributed by atoms with Gasteiger partial charge < -0.3 is 9.13 Å². The van der Waals surface area contributed by atoms with Crippen LogP contribution < -0.4 is 0 Å². The molecule has 184 valence electrons. The highest BCUT2D eigenvalue weighted by molar-refractivity contribution is 6.19. The highest BCUT2D eigenvalue weighted by Crippen LogP contribution is 2.41. The molecule has 7 aromatic rings. The highest BCUT2D eigenvalue weighted by atomic mass is 19.2. The second-order valence-electron chi connectivity index (χ2n) is 9.19. The van der Waals surface area contributed by atoms with Crippen LogP contribution in [0.25, 0.3) is 55.0 Å². The molecule has 39 heavy (non-hydrogen) atoms. The summed E-state index contributed by atoms with van der Waals surface area (Å²) in [5, 5.41) is 22.9. The van der Waals surface area contributed by atoms with E-state index < -0.39 is 34.3 Å². The lowest BCUT2D eigenvalue weighted by Crippen LogP contribution is -2.09. The third kappa shape index (κ3) is 2.99. The summed E-state index contributed by atoms with van der Waals surface area (Å²) in [6.07, 6.45) is 0. The summed E-state index contributed by atoms with van der Waals surface area (Å²) in [7, 11) is 0. The molecule has 0 aliphatic rings. The zero-order valence-corrected chi connectivity index (χ0v) is 20.1. The number of fused-ring (bicyclic) bond motifs is 6. The molecule has 2 aromatic heterocycles. The first-order chi connectivity index (χ1) is 19.0. The van der Waals surface area contributed by atoms with Crippen LogP contribution in [-0.2, 0) is 0 Å². The zero-order valence-electron chi connectivity index (χ0n) is 20.1. The van der Waals surface area contributed by atoms with Gasteiger partial charge >= 0.3 is 0 Å². The van der Waals surface area contributed by atoms with E-state index in [1.165, 1.54) is 10.6 Å². The molecule has 7 rings (SSSR count). The lowest BCUT2D eigenvalue weighted by atomic mass is 10.0. The van der Waals surface area contributed by atoms with Gasteiger partial charge in [-0.25, -0.2) is 13.2 Å². The maximum atomic E-state index is 15.6. The average molecular weight is 512 g/mol. The average Bonchev–Trinajstić information content (AvgIpc) is 3.47. The molecule has 0 saturated heterocycles. The van der Waals surface area contributed by atoms with Gasteiger partial charge in [-0.05, 0) is 36.4 Å². The van der Waals surface area contributed by atoms with E-state index in [9.17, 15) is 19.3 Å². The normalized spacial score (nSPS) is 11.4. The number of para-hydroxylation sites is 3. The van der Waals surface area contributed by atoms with E-state index in [0.29, 0.717) is 11.0 Å². The van der Waals surface area contributed by atoms with Crippen molar-refractivity contribution < 1.29 is 13.2 Å². The van der Waals surface area contributed by atoms with Gasteiger partial charge in [-0.2, -0.15) is 10.5 Å². The maximum Gasteiger partial charge on any atom is 0.198 e. The number of hydrogen-bond donors (Lipinski definition) is 0. The number of benzene rings is 5. The first kappa shape index (κ1) is 22.7. The summed E-state index contributed by atoms with van der Waals surface area (Å²) in [6, 6.07) is 32.0. The molecule has 0 bridgehead atoms. The Morgan fingerprint density at radius 2 is 1.03 bits per heavy atom. The number of nitriles is 2. The predicted molar refractivity (Wildman–Crippen MR) is 144 cm³/mol. The number of nitrogens with zero attached hydrogens (tertiary/aromatic N) is 4. The summed E-state index contributed by atoms with van der Waals surface area (Å²) < 4.78 is 48.4. The molecule has 7 heteroatoms. The molecule has 0 spiro atoms. The molecule has 0 amide bonds. The lowest BCUT2D eigenvalue weighted by molar-refractivity contribution is 0.443. The van der Waals surface area contributed by atoms with Gasteiger partial charge in [0.2, 0.25) is 0 Å². The van der Waals surface area contributed by atoms with E-state index in [4.69, 9.17) is 0 Å². The largest absolute Gasteiger partial charge is 0.309 e. The van der Waals surface area contributed by atoms with E-state index >= 15 is 4.39 Å². The van der Waals surface area contributed by atoms with E-state index in [1.54, 1.807) is 18.2 Å². The lowest BCUT2D eigenvalue weighted by Gasteiger charge is -2.14. The van der Waals surface area contributed by atoms with Crippen LogP contribution in [0, 0.1) is 40.1 Å². The molecular formula is C32H15F3N4. The van der Waals surface area contributed by atoms with Gasteiger partial charge in [0, 0.05) is 27.2 Å². The fraction of sp³-hybridized carbons (Fsp3) is 0. The second-order valence-corrected chi connectivity index (χ2v) is 9.19. The Labute approximate surface area is 219 Å². The zero-order chi connectivity index (χ0) is 26.8. The maximum absolute atomic E-state index is 15.6. The van der Waals surface area contributed by atoms with Crippen LogP contribution >= 0.6 is 0 Å². The van der Waals surface area contributed by atoms with Gasteiger partial charge in [0.1, 0.15) is 29.0 Å². The van der Waals surface area contributed by atoms with Crippen LogP contribution in [0.4, 0.5) is 13.2 Å². The number of rotatable bonds is 2. The van der Waals surface area contributed by atoms with Crippen molar-refractivity contribution in [1.82, 2.24) is 9.13 Å². The van der Waals surface area contributed by atoms with Crippen LogP contribution in [0.15, 0.2) is 91.0 Å². The molecule has 0 unspecified atom stereocenters. The molecular weight excluding hydrogens is 497 g/mol. The Kier molecular flexibility index (Phi) is 4.79. The van der Waals surface area contributed by atoms with Crippen molar-refractivity contribution in [1.29, 1.82) is 10.5 Å². The second kappa shape index (κ2) is 8.24. The minimum Gasteiger partial charge on any atom is -0.309 e. The summed E-state index contributed by atoms with van der Waals surface area (Å²) in [6.45, 7) is 0. The van der Waals surface area contributed by atoms with Crippen LogP contribution in [0.5, 0.6) is 0 Å². The minimum absolute atomic E-state index is 0.481. The van der Waals surface area contributed by atoms with Crippen LogP contribution in [0.1, 0.15) is 11.1 Å². The summed E-state index contributed by atoms with van der Waals surface area (Å²) >= 11 is 0. The smallest absolute Gasteiger partial charge is 0.198 e. The molecule has 0 atom stereocenters. The standard InChI is InChI=1S/C32H15F3N4/c33-29-23(16-36)24(17-37)32(31(35)30(29)34)39-26-13-7-5-11-20(26)22-14-21-19-10-4-6-12-25(19)38(27(21)15-28(22)39)18-8-2-1-3-9-18/h1-15H. The molecule has 0 N–H and O–H groups in total. The van der Waals surface area contributed by atoms with Gasteiger partial charge in [0.05, 0.1) is 22.1 Å². The van der Waals surface area contributed by atoms with Crippen LogP contribution in [0.2, 0.25) is 0 Å². The third-order valence-corrected chi connectivity index (χ3v) is 7.23. The van der Waals surface area contributed by atoms with Crippen molar-refractivity contribution in [2.45, 2.75) is 0 Å². The van der Waals surface area contributed by atoms with Crippen molar-refractivity contribution in [3.8, 4) is 23.5 Å². The van der Waals surface area contributed by atoms with Gasteiger partial charge in [-0.15, -0.1) is 0 Å². The molecule has 0 aliphatic carbocycles. The fourth-order valence-corrected chi connectivity index (χ4v) is 5.60. The molecule has 0 aliphatic heterocycles. The SMILES string of the molecule is N#Cc1c(F)c(F)c(F)c(-n2c3ccccc3c3cc4c5ccccc5n(-c5ccccc5)c4cc32)c1C#N. The minimum atomic E-state index is -1.80. The van der Waals surface area contributed by atoms with E-state index in [1.807, 2.05) is 78.9 Å². The Morgan fingerprint density at radius 1 is 0.487 bits per heavy atom. The fourth-order valence-electron chi connectivity index (χ4n) is 5.60. The van der Waals surface area contributed by atoms with Crippen LogP contribution in [0.3, 0.4) is 0 Å². The first-order valence-corrected chi connectivity index (χ1v) is 12.1. The summed E-state index contributed by atoms with van der Waals surface area (Å²) in [4.78, 5) is 0. The Bertz CT molecular complexity index is 2230. The Hall–Kier alpha value is -5.53. The van der Waals surface area contributed by atoms with E-state index in [0.717, 1.165) is 38.3 Å². The van der Waals surface area contributed by atoms with Gasteiger partial charge in [0.15, 0.2) is 17.5 Å². The molecule has 0 saturated carbocycles. The van der Waals surface area contributed by atoms with Gasteiger partial charge in [0.25, 0.3) is 0 Å². The number of hydrogen-bond acceptors (Lipinski definition) is 2. The van der Waals surface area contributed by atoms with E-state index in [2.05, 4.69) is 4.57 Å². The highest BCUT2D eigenvalue weighted by Gasteiger charge is 2.29. The molecule has 2 heterocycles. The Morgan fingerprint density at radius 3 is 1.64 bits per heavy atom. The number of halogens is 3. The molecule has 4 nitrogen and oxygen atoms in total. The summed E-state index contributed by atoms with van der Waals surface area (Å²) in [5.74, 6) is -5.01. The Balaban J connectivity index is 1.73. The monoisotopic (exact) mass is 512 g/mol. The predicted octanol–water partition coefficient (Wildman–Crippen LogP) is 8.04. The summed E-state index contributed by atoms with van der Waals surface area (Å²) in [5.41, 5.74) is 1.74. The van der Waals surface area contributed by atoms with Crippen molar-refractivity contribution in [2.75, 3.05) is 0 Å². The molecule has 0 fully saturated rings. The van der Waals surface area contributed by atoms with Crippen LogP contribution in [-0.4, -0.2) is 9.13 Å². The molecule has 0 radical (unpaired) electrons. The topological polar surface area (TPSA) is 57.4 Å². The van der Waals surface area contributed by atoms with Crippen molar-refractivity contribution in [3.05, 3.63) is 120 Å². The number of aromatic nitrogens is 2.